The predicted molar refractivity (Wildman–Crippen MR) is 97.0 cm³/mol. The lowest BCUT2D eigenvalue weighted by Gasteiger charge is -2.08. The van der Waals surface area contributed by atoms with Crippen LogP contribution in [0.15, 0.2) is 60.7 Å². The lowest BCUT2D eigenvalue weighted by Crippen LogP contribution is -1.90. The number of rotatable bonds is 4. The van der Waals surface area contributed by atoms with Crippen molar-refractivity contribution in [3.63, 3.8) is 0 Å². The summed E-state index contributed by atoms with van der Waals surface area (Å²) in [6.07, 6.45) is 1.82. The molecule has 0 amide bonds. The molecule has 0 aromatic heterocycles. The molecule has 3 heteroatoms. The lowest BCUT2D eigenvalue weighted by molar-refractivity contribution is 0.402. The Hall–Kier alpha value is -3.25. The van der Waals surface area contributed by atoms with E-state index in [0.717, 1.165) is 27.6 Å². The minimum Gasteiger partial charge on any atom is -0.497 e. The van der Waals surface area contributed by atoms with Gasteiger partial charge in [-0.2, -0.15) is 5.26 Å². The van der Waals surface area contributed by atoms with E-state index in [1.165, 1.54) is 0 Å². The van der Waals surface area contributed by atoms with E-state index >= 15 is 0 Å². The van der Waals surface area contributed by atoms with Crippen molar-refractivity contribution < 1.29 is 9.47 Å². The Morgan fingerprint density at radius 2 is 1.71 bits per heavy atom. The first-order chi connectivity index (χ1) is 11.7. The fourth-order valence-electron chi connectivity index (χ4n) is 2.64. The Bertz CT molecular complexity index is 951. The zero-order chi connectivity index (χ0) is 16.9. The van der Waals surface area contributed by atoms with E-state index in [0.29, 0.717) is 11.3 Å². The first-order valence-electron chi connectivity index (χ1n) is 7.58. The topological polar surface area (TPSA) is 42.2 Å². The third kappa shape index (κ3) is 3.09. The van der Waals surface area contributed by atoms with Gasteiger partial charge in [-0.1, -0.05) is 36.4 Å². The summed E-state index contributed by atoms with van der Waals surface area (Å²) in [6.45, 7) is 0. The van der Waals surface area contributed by atoms with Gasteiger partial charge in [-0.15, -0.1) is 0 Å². The Morgan fingerprint density at radius 3 is 2.42 bits per heavy atom. The smallest absolute Gasteiger partial charge is 0.126 e. The van der Waals surface area contributed by atoms with E-state index in [2.05, 4.69) is 12.1 Å². The van der Waals surface area contributed by atoms with Crippen LogP contribution in [0.1, 0.15) is 11.1 Å². The predicted octanol–water partition coefficient (Wildman–Crippen LogP) is 4.92. The molecule has 0 saturated carbocycles. The number of hydrogen-bond acceptors (Lipinski definition) is 3. The summed E-state index contributed by atoms with van der Waals surface area (Å²) in [4.78, 5) is 0. The number of hydrogen-bond donors (Lipinski definition) is 0. The van der Waals surface area contributed by atoms with Gasteiger partial charge in [0.25, 0.3) is 0 Å². The molecule has 0 unspecified atom stereocenters. The number of allylic oxidation sites excluding steroid dienone is 1. The van der Waals surface area contributed by atoms with Crippen molar-refractivity contribution >= 4 is 22.4 Å². The molecule has 118 valence electrons. The molecule has 0 atom stereocenters. The van der Waals surface area contributed by atoms with Gasteiger partial charge in [0.1, 0.15) is 11.5 Å². The van der Waals surface area contributed by atoms with Crippen LogP contribution in [-0.4, -0.2) is 14.2 Å². The van der Waals surface area contributed by atoms with Crippen LogP contribution in [0.4, 0.5) is 0 Å². The molecule has 24 heavy (non-hydrogen) atoms. The molecule has 3 aromatic carbocycles. The molecular formula is C21H17NO2. The van der Waals surface area contributed by atoms with E-state index in [1.54, 1.807) is 14.2 Å². The minimum absolute atomic E-state index is 0.576. The normalized spacial score (nSPS) is 11.1. The van der Waals surface area contributed by atoms with Crippen LogP contribution in [0.2, 0.25) is 0 Å². The summed E-state index contributed by atoms with van der Waals surface area (Å²) in [6, 6.07) is 21.9. The summed E-state index contributed by atoms with van der Waals surface area (Å²) < 4.78 is 10.7. The summed E-state index contributed by atoms with van der Waals surface area (Å²) >= 11 is 0. The van der Waals surface area contributed by atoms with E-state index < -0.39 is 0 Å². The van der Waals surface area contributed by atoms with Crippen molar-refractivity contribution in [1.82, 2.24) is 0 Å². The maximum atomic E-state index is 9.61. The largest absolute Gasteiger partial charge is 0.497 e. The van der Waals surface area contributed by atoms with E-state index in [9.17, 15) is 5.26 Å². The SMILES string of the molecule is COc1ccc(OC)c(/C=C(/C#N)c2ccc3ccccc3c2)c1. The molecule has 3 rings (SSSR count). The van der Waals surface area contributed by atoms with Crippen LogP contribution in [0.3, 0.4) is 0 Å². The van der Waals surface area contributed by atoms with Crippen LogP contribution < -0.4 is 9.47 Å². The second-order valence-corrected chi connectivity index (χ2v) is 5.34. The second kappa shape index (κ2) is 6.89. The first-order valence-corrected chi connectivity index (χ1v) is 7.58. The fraction of sp³-hybridized carbons (Fsp3) is 0.0952. The van der Waals surface area contributed by atoms with Crippen LogP contribution in [0.5, 0.6) is 11.5 Å². The molecule has 0 radical (unpaired) electrons. The number of nitrogens with zero attached hydrogens (tertiary/aromatic N) is 1. The van der Waals surface area contributed by atoms with Gasteiger partial charge in [0.2, 0.25) is 0 Å². The Balaban J connectivity index is 2.10. The Labute approximate surface area is 141 Å². The van der Waals surface area contributed by atoms with Crippen LogP contribution >= 0.6 is 0 Å². The van der Waals surface area contributed by atoms with Gasteiger partial charge in [-0.3, -0.25) is 0 Å². The van der Waals surface area contributed by atoms with Crippen LogP contribution in [0, 0.1) is 11.3 Å². The highest BCUT2D eigenvalue weighted by atomic mass is 16.5. The van der Waals surface area contributed by atoms with Crippen LogP contribution in [-0.2, 0) is 0 Å². The van der Waals surface area contributed by atoms with Gasteiger partial charge in [0.15, 0.2) is 0 Å². The fourth-order valence-corrected chi connectivity index (χ4v) is 2.64. The Morgan fingerprint density at radius 1 is 0.917 bits per heavy atom. The van der Waals surface area contributed by atoms with Crippen molar-refractivity contribution in [3.8, 4) is 17.6 Å². The Kier molecular flexibility index (Phi) is 4.49. The molecule has 0 fully saturated rings. The molecule has 0 spiro atoms. The van der Waals surface area contributed by atoms with Crippen molar-refractivity contribution in [1.29, 1.82) is 5.26 Å². The summed E-state index contributed by atoms with van der Waals surface area (Å²) in [5.41, 5.74) is 2.26. The van der Waals surface area contributed by atoms with Gasteiger partial charge in [0.05, 0.1) is 25.9 Å². The maximum Gasteiger partial charge on any atom is 0.126 e. The summed E-state index contributed by atoms with van der Waals surface area (Å²) in [7, 11) is 3.23. The van der Waals surface area contributed by atoms with Gasteiger partial charge in [0, 0.05) is 5.56 Å². The van der Waals surface area contributed by atoms with E-state index in [1.807, 2.05) is 60.7 Å². The summed E-state index contributed by atoms with van der Waals surface area (Å²) in [5, 5.41) is 11.9. The molecule has 0 N–H and O–H groups in total. The third-order valence-corrected chi connectivity index (χ3v) is 3.92. The second-order valence-electron chi connectivity index (χ2n) is 5.34. The van der Waals surface area contributed by atoms with E-state index in [-0.39, 0.29) is 0 Å². The molecule has 0 aliphatic heterocycles. The molecule has 0 aliphatic rings. The quantitative estimate of drug-likeness (QED) is 0.507. The van der Waals surface area contributed by atoms with Crippen molar-refractivity contribution in [2.75, 3.05) is 14.2 Å². The van der Waals surface area contributed by atoms with Crippen molar-refractivity contribution in [2.45, 2.75) is 0 Å². The minimum atomic E-state index is 0.576. The number of benzene rings is 3. The molecule has 3 nitrogen and oxygen atoms in total. The zero-order valence-corrected chi connectivity index (χ0v) is 13.6. The van der Waals surface area contributed by atoms with E-state index in [4.69, 9.17) is 9.47 Å². The van der Waals surface area contributed by atoms with Gasteiger partial charge in [-0.25, -0.2) is 0 Å². The highest BCUT2D eigenvalue weighted by Gasteiger charge is 2.07. The number of fused-ring (bicyclic) bond motifs is 1. The lowest BCUT2D eigenvalue weighted by atomic mass is 10.00. The number of nitriles is 1. The van der Waals surface area contributed by atoms with Gasteiger partial charge >= 0.3 is 0 Å². The standard InChI is InChI=1S/C21H17NO2/c1-23-20-9-10-21(24-2)18(13-20)12-19(14-22)17-8-7-15-5-3-4-6-16(15)11-17/h3-13H,1-2H3/b19-12-. The van der Waals surface area contributed by atoms with Crippen LogP contribution in [0.25, 0.3) is 22.4 Å². The van der Waals surface area contributed by atoms with Crippen molar-refractivity contribution in [3.05, 3.63) is 71.8 Å². The molecule has 0 saturated heterocycles. The zero-order valence-electron chi connectivity index (χ0n) is 13.6. The molecule has 3 aromatic rings. The maximum absolute atomic E-state index is 9.61. The van der Waals surface area contributed by atoms with Gasteiger partial charge < -0.3 is 9.47 Å². The highest BCUT2D eigenvalue weighted by molar-refractivity contribution is 5.94. The molecule has 0 bridgehead atoms. The molecule has 0 heterocycles. The average molecular weight is 315 g/mol. The number of methoxy groups -OCH3 is 2. The number of ether oxygens (including phenoxy) is 2. The average Bonchev–Trinajstić information content (AvgIpc) is 2.65. The summed E-state index contributed by atoms with van der Waals surface area (Å²) in [5.74, 6) is 1.42. The first kappa shape index (κ1) is 15.6. The third-order valence-electron chi connectivity index (χ3n) is 3.92. The highest BCUT2D eigenvalue weighted by Crippen LogP contribution is 2.29. The monoisotopic (exact) mass is 315 g/mol. The molecule has 0 aliphatic carbocycles. The van der Waals surface area contributed by atoms with Gasteiger partial charge in [-0.05, 0) is 46.7 Å². The molecular weight excluding hydrogens is 298 g/mol. The van der Waals surface area contributed by atoms with Crippen molar-refractivity contribution in [2.24, 2.45) is 0 Å².